The van der Waals surface area contributed by atoms with Gasteiger partial charge in [-0.15, -0.1) is 0 Å². The molecule has 130 valence electrons. The summed E-state index contributed by atoms with van der Waals surface area (Å²) < 4.78 is 0. The molecular weight excluding hydrogens is 310 g/mol. The maximum Gasteiger partial charge on any atom is 0.307 e. The van der Waals surface area contributed by atoms with Crippen LogP contribution in [0.4, 0.5) is 0 Å². The third-order valence-corrected chi connectivity index (χ3v) is 3.67. The highest BCUT2D eigenvalue weighted by Crippen LogP contribution is 2.15. The topological polar surface area (TPSA) is 101 Å². The lowest BCUT2D eigenvalue weighted by Crippen LogP contribution is -2.41. The van der Waals surface area contributed by atoms with Crippen molar-refractivity contribution in [3.63, 3.8) is 0 Å². The van der Waals surface area contributed by atoms with Gasteiger partial charge < -0.3 is 15.2 Å². The molecule has 24 heavy (non-hydrogen) atoms. The highest BCUT2D eigenvalue weighted by Gasteiger charge is 2.27. The SMILES string of the molecule is CC(=O)CC[C@H](NC(C)=O)C(=O)C[C@@H](Cc1ccccc1)C(=O)O. The van der Waals surface area contributed by atoms with Crippen LogP contribution in [0.2, 0.25) is 0 Å². The van der Waals surface area contributed by atoms with Crippen molar-refractivity contribution >= 4 is 23.4 Å². The Bertz CT molecular complexity index is 597. The van der Waals surface area contributed by atoms with Gasteiger partial charge in [0.2, 0.25) is 5.91 Å². The average Bonchev–Trinajstić information content (AvgIpc) is 2.51. The molecule has 0 bridgehead atoms. The molecule has 0 aliphatic heterocycles. The van der Waals surface area contributed by atoms with Crippen molar-refractivity contribution < 1.29 is 24.3 Å². The number of nitrogens with one attached hydrogen (secondary N) is 1. The summed E-state index contributed by atoms with van der Waals surface area (Å²) in [6.07, 6.45) is 0.396. The smallest absolute Gasteiger partial charge is 0.307 e. The fourth-order valence-corrected chi connectivity index (χ4v) is 2.44. The van der Waals surface area contributed by atoms with Crippen LogP contribution in [-0.4, -0.2) is 34.6 Å². The van der Waals surface area contributed by atoms with Crippen LogP contribution in [-0.2, 0) is 25.6 Å². The zero-order chi connectivity index (χ0) is 18.1. The molecule has 2 atom stereocenters. The second-order valence-corrected chi connectivity index (χ2v) is 5.89. The van der Waals surface area contributed by atoms with Crippen LogP contribution in [0.15, 0.2) is 30.3 Å². The van der Waals surface area contributed by atoms with Gasteiger partial charge in [0, 0.05) is 19.8 Å². The number of carboxylic acid groups (broad SMARTS) is 1. The number of rotatable bonds is 10. The average molecular weight is 333 g/mol. The summed E-state index contributed by atoms with van der Waals surface area (Å²) in [5, 5.41) is 11.9. The molecule has 1 aromatic carbocycles. The number of hydrogen-bond acceptors (Lipinski definition) is 4. The van der Waals surface area contributed by atoms with Crippen molar-refractivity contribution in [2.75, 3.05) is 0 Å². The Balaban J connectivity index is 2.77. The van der Waals surface area contributed by atoms with Gasteiger partial charge in [0.05, 0.1) is 12.0 Å². The second kappa shape index (κ2) is 9.60. The second-order valence-electron chi connectivity index (χ2n) is 5.89. The van der Waals surface area contributed by atoms with Crippen LogP contribution < -0.4 is 5.32 Å². The predicted octanol–water partition coefficient (Wildman–Crippen LogP) is 1.76. The molecular formula is C18H23NO5. The van der Waals surface area contributed by atoms with Gasteiger partial charge in [-0.25, -0.2) is 0 Å². The molecule has 0 fully saturated rings. The van der Waals surface area contributed by atoms with Crippen molar-refractivity contribution in [3.8, 4) is 0 Å². The van der Waals surface area contributed by atoms with E-state index in [-0.39, 0.29) is 43.2 Å². The van der Waals surface area contributed by atoms with E-state index in [9.17, 15) is 24.3 Å². The lowest BCUT2D eigenvalue weighted by molar-refractivity contribution is -0.144. The number of carbonyl (C=O) groups is 4. The predicted molar refractivity (Wildman–Crippen MR) is 88.4 cm³/mol. The lowest BCUT2D eigenvalue weighted by atomic mass is 9.91. The number of carbonyl (C=O) groups excluding carboxylic acids is 3. The number of Topliss-reactive ketones (excluding diaryl/α,β-unsaturated/α-hetero) is 2. The third kappa shape index (κ3) is 7.17. The van der Waals surface area contributed by atoms with Crippen molar-refractivity contribution in [1.82, 2.24) is 5.32 Å². The first-order chi connectivity index (χ1) is 11.3. The standard InChI is InChI=1S/C18H23NO5/c1-12(20)8-9-16(19-13(2)21)17(22)11-15(18(23)24)10-14-6-4-3-5-7-14/h3-7,15-16H,8-11H2,1-2H3,(H,19,21)(H,23,24)/t15-,16+/m1/s1. The minimum atomic E-state index is -1.06. The Morgan fingerprint density at radius 2 is 1.71 bits per heavy atom. The number of hydrogen-bond donors (Lipinski definition) is 2. The zero-order valence-corrected chi connectivity index (χ0v) is 14.0. The molecule has 0 aliphatic carbocycles. The summed E-state index contributed by atoms with van der Waals surface area (Å²) in [4.78, 5) is 46.2. The van der Waals surface area contributed by atoms with Crippen molar-refractivity contribution in [1.29, 1.82) is 0 Å². The fraction of sp³-hybridized carbons (Fsp3) is 0.444. The first-order valence-corrected chi connectivity index (χ1v) is 7.85. The number of ketones is 2. The molecule has 0 aromatic heterocycles. The van der Waals surface area contributed by atoms with Gasteiger partial charge >= 0.3 is 5.97 Å². The Morgan fingerprint density at radius 3 is 2.21 bits per heavy atom. The van der Waals surface area contributed by atoms with Gasteiger partial charge in [-0.2, -0.15) is 0 Å². The van der Waals surface area contributed by atoms with Gasteiger partial charge in [0.1, 0.15) is 5.78 Å². The minimum absolute atomic E-state index is 0.0859. The van der Waals surface area contributed by atoms with Crippen molar-refractivity contribution in [3.05, 3.63) is 35.9 Å². The highest BCUT2D eigenvalue weighted by atomic mass is 16.4. The summed E-state index contributed by atoms with van der Waals surface area (Å²) in [6, 6.07) is 8.23. The summed E-state index contributed by atoms with van der Waals surface area (Å²) in [5.74, 6) is -2.76. The molecule has 6 heteroatoms. The summed E-state index contributed by atoms with van der Waals surface area (Å²) in [6.45, 7) is 2.69. The molecule has 0 unspecified atom stereocenters. The first kappa shape index (κ1) is 19.5. The largest absolute Gasteiger partial charge is 0.481 e. The van der Waals surface area contributed by atoms with E-state index in [1.807, 2.05) is 30.3 Å². The van der Waals surface area contributed by atoms with Gasteiger partial charge in [-0.05, 0) is 25.3 Å². The van der Waals surface area contributed by atoms with Crippen LogP contribution in [0.5, 0.6) is 0 Å². The van der Waals surface area contributed by atoms with E-state index in [4.69, 9.17) is 0 Å². The monoisotopic (exact) mass is 333 g/mol. The van der Waals surface area contributed by atoms with E-state index in [1.54, 1.807) is 0 Å². The van der Waals surface area contributed by atoms with Crippen LogP contribution in [0, 0.1) is 5.92 Å². The minimum Gasteiger partial charge on any atom is -0.481 e. The Labute approximate surface area is 141 Å². The van der Waals surface area contributed by atoms with Crippen LogP contribution in [0.25, 0.3) is 0 Å². The molecule has 0 radical (unpaired) electrons. The van der Waals surface area contributed by atoms with Crippen LogP contribution in [0.3, 0.4) is 0 Å². The fourth-order valence-electron chi connectivity index (χ4n) is 2.44. The molecule has 1 amide bonds. The third-order valence-electron chi connectivity index (χ3n) is 3.67. The lowest BCUT2D eigenvalue weighted by Gasteiger charge is -2.19. The molecule has 0 aliphatic rings. The molecule has 0 saturated carbocycles. The quantitative estimate of drug-likeness (QED) is 0.679. The Kier molecular flexibility index (Phi) is 7.82. The molecule has 2 N–H and O–H groups in total. The Morgan fingerprint density at radius 1 is 1.08 bits per heavy atom. The first-order valence-electron chi connectivity index (χ1n) is 7.85. The van der Waals surface area contributed by atoms with E-state index >= 15 is 0 Å². The van der Waals surface area contributed by atoms with E-state index in [0.717, 1.165) is 5.56 Å². The van der Waals surface area contributed by atoms with Gasteiger partial charge in [0.15, 0.2) is 5.78 Å². The molecule has 0 heterocycles. The molecule has 0 spiro atoms. The number of benzene rings is 1. The maximum atomic E-state index is 12.4. The molecule has 6 nitrogen and oxygen atoms in total. The van der Waals surface area contributed by atoms with E-state index in [1.165, 1.54) is 13.8 Å². The zero-order valence-electron chi connectivity index (χ0n) is 14.0. The van der Waals surface area contributed by atoms with Crippen LogP contribution in [0.1, 0.15) is 38.7 Å². The maximum absolute atomic E-state index is 12.4. The van der Waals surface area contributed by atoms with Crippen molar-refractivity contribution in [2.24, 2.45) is 5.92 Å². The van der Waals surface area contributed by atoms with E-state index in [2.05, 4.69) is 5.32 Å². The number of amides is 1. The Hall–Kier alpha value is -2.50. The van der Waals surface area contributed by atoms with Gasteiger partial charge in [-0.1, -0.05) is 30.3 Å². The number of carboxylic acids is 1. The summed E-state index contributed by atoms with van der Waals surface area (Å²) >= 11 is 0. The van der Waals surface area contributed by atoms with Crippen LogP contribution >= 0.6 is 0 Å². The van der Waals surface area contributed by atoms with E-state index < -0.39 is 17.9 Å². The van der Waals surface area contributed by atoms with Crippen molar-refractivity contribution in [2.45, 2.75) is 45.6 Å². The normalized spacial score (nSPS) is 12.9. The highest BCUT2D eigenvalue weighted by molar-refractivity contribution is 5.91. The molecule has 1 aromatic rings. The molecule has 0 saturated heterocycles. The number of aliphatic carboxylic acids is 1. The van der Waals surface area contributed by atoms with Gasteiger partial charge in [0.25, 0.3) is 0 Å². The summed E-state index contributed by atoms with van der Waals surface area (Å²) in [7, 11) is 0. The summed E-state index contributed by atoms with van der Waals surface area (Å²) in [5.41, 5.74) is 0.831. The molecule has 1 rings (SSSR count). The van der Waals surface area contributed by atoms with Gasteiger partial charge in [-0.3, -0.25) is 14.4 Å². The van der Waals surface area contributed by atoms with E-state index in [0.29, 0.717) is 0 Å².